The number of carbonyl (C=O) groups excluding carboxylic acids is 1. The van der Waals surface area contributed by atoms with Crippen LogP contribution in [0.2, 0.25) is 0 Å². The molecule has 0 bridgehead atoms. The highest BCUT2D eigenvalue weighted by atomic mass is 16.3. The van der Waals surface area contributed by atoms with Crippen molar-refractivity contribution in [3.8, 4) is 0 Å². The molecule has 0 aliphatic rings. The van der Waals surface area contributed by atoms with Gasteiger partial charge in [0.1, 0.15) is 12.4 Å². The van der Waals surface area contributed by atoms with Gasteiger partial charge in [0, 0.05) is 6.04 Å². The summed E-state index contributed by atoms with van der Waals surface area (Å²) >= 11 is 0. The van der Waals surface area contributed by atoms with Crippen molar-refractivity contribution in [3.05, 3.63) is 0 Å². The fourth-order valence-electron chi connectivity index (χ4n) is 0.440. The molecule has 0 saturated heterocycles. The molecule has 0 aliphatic carbocycles. The Morgan fingerprint density at radius 3 is 2.56 bits per heavy atom. The largest absolute Gasteiger partial charge is 0.395 e. The summed E-state index contributed by atoms with van der Waals surface area (Å²) in [6.07, 6.45) is -0.512. The third-order valence-electron chi connectivity index (χ3n) is 0.936. The molecule has 0 unspecified atom stereocenters. The van der Waals surface area contributed by atoms with E-state index in [4.69, 9.17) is 15.9 Å². The lowest BCUT2D eigenvalue weighted by Crippen LogP contribution is -2.29. The van der Waals surface area contributed by atoms with E-state index in [1.54, 1.807) is 0 Å². The maximum atomic E-state index is 9.77. The van der Waals surface area contributed by atoms with E-state index in [9.17, 15) is 4.79 Å². The van der Waals surface area contributed by atoms with Gasteiger partial charge in [-0.05, 0) is 6.42 Å². The number of aldehydes is 1. The van der Waals surface area contributed by atoms with Gasteiger partial charge >= 0.3 is 0 Å². The van der Waals surface area contributed by atoms with E-state index in [0.29, 0.717) is 6.29 Å². The molecule has 0 fully saturated rings. The van der Waals surface area contributed by atoms with Crippen molar-refractivity contribution in [3.63, 3.8) is 0 Å². The molecular weight excluding hydrogens is 122 g/mol. The number of hydrogen-bond acceptors (Lipinski definition) is 4. The fraction of sp³-hybridized carbons (Fsp3) is 0.800. The van der Waals surface area contributed by atoms with Gasteiger partial charge in [0.2, 0.25) is 0 Å². The van der Waals surface area contributed by atoms with Crippen LogP contribution in [0.5, 0.6) is 0 Å². The maximum Gasteiger partial charge on any atom is 0.148 e. The first kappa shape index (κ1) is 8.55. The van der Waals surface area contributed by atoms with Crippen molar-refractivity contribution < 1.29 is 15.0 Å². The third kappa shape index (κ3) is 4.08. The van der Waals surface area contributed by atoms with E-state index >= 15 is 0 Å². The molecule has 0 radical (unpaired) electrons. The average molecular weight is 133 g/mol. The minimum atomic E-state index is -1.04. The number of rotatable bonds is 4. The number of aliphatic hydroxyl groups is 2. The van der Waals surface area contributed by atoms with E-state index in [1.165, 1.54) is 0 Å². The zero-order valence-corrected chi connectivity index (χ0v) is 5.03. The molecule has 4 N–H and O–H groups in total. The van der Waals surface area contributed by atoms with Crippen LogP contribution in [0.4, 0.5) is 0 Å². The van der Waals surface area contributed by atoms with Crippen LogP contribution in [0, 0.1) is 0 Å². The van der Waals surface area contributed by atoms with Crippen LogP contribution in [0.3, 0.4) is 0 Å². The maximum absolute atomic E-state index is 9.77. The van der Waals surface area contributed by atoms with Gasteiger partial charge in [-0.15, -0.1) is 0 Å². The first-order valence-electron chi connectivity index (χ1n) is 2.70. The Bertz CT molecular complexity index is 86.3. The Hall–Kier alpha value is -0.450. The lowest BCUT2D eigenvalue weighted by atomic mass is 10.1. The number of carbonyl (C=O) groups is 1. The van der Waals surface area contributed by atoms with E-state index in [-0.39, 0.29) is 13.0 Å². The first-order chi connectivity index (χ1) is 4.20. The molecule has 0 rings (SSSR count). The predicted octanol–water partition coefficient (Wildman–Crippen LogP) is -1.74. The van der Waals surface area contributed by atoms with Crippen molar-refractivity contribution in [1.29, 1.82) is 0 Å². The lowest BCUT2D eigenvalue weighted by Gasteiger charge is -2.07. The first-order valence-corrected chi connectivity index (χ1v) is 2.70. The molecule has 4 heteroatoms. The van der Waals surface area contributed by atoms with Crippen molar-refractivity contribution in [2.45, 2.75) is 18.6 Å². The van der Waals surface area contributed by atoms with Gasteiger partial charge in [0.15, 0.2) is 0 Å². The van der Waals surface area contributed by atoms with Crippen LogP contribution in [0.1, 0.15) is 6.42 Å². The number of hydrogen-bond donors (Lipinski definition) is 3. The molecule has 0 aromatic rings. The van der Waals surface area contributed by atoms with Gasteiger partial charge in [0.25, 0.3) is 0 Å². The monoisotopic (exact) mass is 133 g/mol. The highest BCUT2D eigenvalue weighted by molar-refractivity contribution is 5.55. The Kier molecular flexibility index (Phi) is 4.21. The average Bonchev–Trinajstić information content (AvgIpc) is 1.87. The van der Waals surface area contributed by atoms with Gasteiger partial charge < -0.3 is 20.7 Å². The molecule has 0 aromatic heterocycles. The van der Waals surface area contributed by atoms with Gasteiger partial charge in [-0.25, -0.2) is 0 Å². The van der Waals surface area contributed by atoms with E-state index in [1.807, 2.05) is 0 Å². The minimum Gasteiger partial charge on any atom is -0.395 e. The van der Waals surface area contributed by atoms with Gasteiger partial charge in [-0.2, -0.15) is 0 Å². The van der Waals surface area contributed by atoms with E-state index < -0.39 is 12.1 Å². The second-order valence-electron chi connectivity index (χ2n) is 1.88. The number of nitrogens with two attached hydrogens (primary N) is 1. The summed E-state index contributed by atoms with van der Waals surface area (Å²) in [4.78, 5) is 9.77. The predicted molar refractivity (Wildman–Crippen MR) is 31.7 cm³/mol. The van der Waals surface area contributed by atoms with Crippen LogP contribution in [0.15, 0.2) is 0 Å². The summed E-state index contributed by atoms with van der Waals surface area (Å²) < 4.78 is 0. The van der Waals surface area contributed by atoms with Gasteiger partial charge in [-0.3, -0.25) is 0 Å². The Labute approximate surface area is 53.3 Å². The molecule has 0 aliphatic heterocycles. The molecular formula is C5H11NO3. The summed E-state index contributed by atoms with van der Waals surface area (Å²) in [6.45, 7) is -0.203. The lowest BCUT2D eigenvalue weighted by molar-refractivity contribution is -0.115. The normalized spacial score (nSPS) is 16.8. The summed E-state index contributed by atoms with van der Waals surface area (Å²) in [5.41, 5.74) is 5.18. The minimum absolute atomic E-state index is 0.125. The van der Waals surface area contributed by atoms with E-state index in [0.717, 1.165) is 0 Å². The van der Waals surface area contributed by atoms with Crippen LogP contribution in [-0.2, 0) is 4.79 Å². The van der Waals surface area contributed by atoms with Crippen molar-refractivity contribution in [2.24, 2.45) is 5.73 Å². The molecule has 0 aromatic carbocycles. The topological polar surface area (TPSA) is 83.6 Å². The smallest absolute Gasteiger partial charge is 0.148 e. The second kappa shape index (κ2) is 4.43. The van der Waals surface area contributed by atoms with Crippen LogP contribution in [-0.4, -0.2) is 35.3 Å². The molecule has 4 nitrogen and oxygen atoms in total. The standard InChI is InChI=1S/C5H11NO3/c6-4(2-7)1-5(9)3-8/h3-5,7,9H,1-2,6H2/t4-,5+/m0/s1. The Morgan fingerprint density at radius 1 is 1.67 bits per heavy atom. The van der Waals surface area contributed by atoms with E-state index in [2.05, 4.69) is 0 Å². The van der Waals surface area contributed by atoms with Gasteiger partial charge in [0.05, 0.1) is 6.61 Å². The Morgan fingerprint density at radius 2 is 2.22 bits per heavy atom. The highest BCUT2D eigenvalue weighted by Gasteiger charge is 2.07. The summed E-state index contributed by atoms with van der Waals surface area (Å²) in [6, 6.07) is -0.495. The van der Waals surface area contributed by atoms with Crippen LogP contribution in [0.25, 0.3) is 0 Å². The molecule has 0 spiro atoms. The van der Waals surface area contributed by atoms with Crippen molar-refractivity contribution >= 4 is 6.29 Å². The van der Waals surface area contributed by atoms with Crippen LogP contribution < -0.4 is 5.73 Å². The second-order valence-corrected chi connectivity index (χ2v) is 1.88. The quantitative estimate of drug-likeness (QED) is 0.397. The highest BCUT2D eigenvalue weighted by Crippen LogP contribution is 1.90. The Balaban J connectivity index is 3.33. The van der Waals surface area contributed by atoms with Crippen molar-refractivity contribution in [2.75, 3.05) is 6.61 Å². The van der Waals surface area contributed by atoms with Crippen molar-refractivity contribution in [1.82, 2.24) is 0 Å². The summed E-state index contributed by atoms with van der Waals surface area (Å²) in [7, 11) is 0. The molecule has 0 amide bonds. The fourth-order valence-corrected chi connectivity index (χ4v) is 0.440. The van der Waals surface area contributed by atoms with Crippen LogP contribution >= 0.6 is 0 Å². The molecule has 2 atom stereocenters. The molecule has 9 heavy (non-hydrogen) atoms. The SMILES string of the molecule is N[C@H](CO)C[C@@H](O)C=O. The summed E-state index contributed by atoms with van der Waals surface area (Å²) in [5.74, 6) is 0. The third-order valence-corrected chi connectivity index (χ3v) is 0.936. The molecule has 54 valence electrons. The van der Waals surface area contributed by atoms with Gasteiger partial charge in [-0.1, -0.05) is 0 Å². The summed E-state index contributed by atoms with van der Waals surface area (Å²) in [5, 5.41) is 16.9. The number of aliphatic hydroxyl groups excluding tert-OH is 2. The molecule has 0 saturated carbocycles. The molecule has 0 heterocycles. The zero-order chi connectivity index (χ0) is 7.28. The zero-order valence-electron chi connectivity index (χ0n) is 5.03.